The van der Waals surface area contributed by atoms with Crippen LogP contribution in [-0.2, 0) is 11.2 Å². The van der Waals surface area contributed by atoms with E-state index in [1.54, 1.807) is 24.3 Å². The van der Waals surface area contributed by atoms with Gasteiger partial charge in [0.2, 0.25) is 0 Å². The molecule has 2 rings (SSSR count). The maximum absolute atomic E-state index is 11.1. The molecule has 0 spiro atoms. The van der Waals surface area contributed by atoms with Crippen molar-refractivity contribution in [2.75, 3.05) is 0 Å². The molecular formula is C15H14O2. The van der Waals surface area contributed by atoms with Crippen molar-refractivity contribution in [2.45, 2.75) is 12.3 Å². The highest BCUT2D eigenvalue weighted by atomic mass is 16.3. The minimum absolute atomic E-state index is 0.155. The van der Waals surface area contributed by atoms with Crippen LogP contribution >= 0.6 is 0 Å². The van der Waals surface area contributed by atoms with Gasteiger partial charge in [-0.15, -0.1) is 0 Å². The van der Waals surface area contributed by atoms with Gasteiger partial charge in [0.05, 0.1) is 0 Å². The van der Waals surface area contributed by atoms with Gasteiger partial charge in [-0.05, 0) is 29.7 Å². The molecule has 2 aromatic rings. The molecule has 2 heteroatoms. The van der Waals surface area contributed by atoms with Crippen LogP contribution < -0.4 is 0 Å². The molecule has 0 aromatic heterocycles. The summed E-state index contributed by atoms with van der Waals surface area (Å²) in [7, 11) is 0. The van der Waals surface area contributed by atoms with Crippen LogP contribution in [0.25, 0.3) is 0 Å². The Balaban J connectivity index is 2.17. The normalized spacial score (nSPS) is 12.0. The Kier molecular flexibility index (Phi) is 3.55. The molecule has 0 bridgehead atoms. The number of aldehydes is 1. The van der Waals surface area contributed by atoms with Crippen LogP contribution in [-0.4, -0.2) is 11.4 Å². The fourth-order valence-corrected chi connectivity index (χ4v) is 1.83. The van der Waals surface area contributed by atoms with Crippen LogP contribution in [0.5, 0.6) is 5.75 Å². The SMILES string of the molecule is O=CC(Cc1ccccc1)c1ccc(O)cc1. The molecule has 17 heavy (non-hydrogen) atoms. The van der Waals surface area contributed by atoms with Gasteiger partial charge in [0.1, 0.15) is 12.0 Å². The number of carbonyl (C=O) groups is 1. The molecule has 86 valence electrons. The van der Waals surface area contributed by atoms with Crippen molar-refractivity contribution in [1.29, 1.82) is 0 Å². The molecule has 0 saturated carbocycles. The third-order valence-corrected chi connectivity index (χ3v) is 2.78. The van der Waals surface area contributed by atoms with E-state index in [0.717, 1.165) is 17.4 Å². The summed E-state index contributed by atoms with van der Waals surface area (Å²) < 4.78 is 0. The van der Waals surface area contributed by atoms with Crippen LogP contribution in [0.4, 0.5) is 0 Å². The molecule has 1 unspecified atom stereocenters. The van der Waals surface area contributed by atoms with E-state index in [-0.39, 0.29) is 11.7 Å². The van der Waals surface area contributed by atoms with Crippen LogP contribution in [0.15, 0.2) is 54.6 Å². The largest absolute Gasteiger partial charge is 0.508 e. The zero-order valence-corrected chi connectivity index (χ0v) is 9.41. The molecule has 1 atom stereocenters. The number of phenols is 1. The second kappa shape index (κ2) is 5.30. The van der Waals surface area contributed by atoms with Gasteiger partial charge in [0.15, 0.2) is 0 Å². The van der Waals surface area contributed by atoms with Gasteiger partial charge in [0.25, 0.3) is 0 Å². The van der Waals surface area contributed by atoms with Crippen molar-refractivity contribution >= 4 is 6.29 Å². The van der Waals surface area contributed by atoms with Gasteiger partial charge < -0.3 is 9.90 Å². The molecule has 2 nitrogen and oxygen atoms in total. The fraction of sp³-hybridized carbons (Fsp3) is 0.133. The molecule has 0 radical (unpaired) electrons. The standard InChI is InChI=1S/C15H14O2/c16-11-14(10-12-4-2-1-3-5-12)13-6-8-15(17)9-7-13/h1-9,11,14,17H,10H2. The van der Waals surface area contributed by atoms with E-state index in [1.165, 1.54) is 0 Å². The first-order chi connectivity index (χ1) is 8.29. The van der Waals surface area contributed by atoms with Gasteiger partial charge in [-0.25, -0.2) is 0 Å². The second-order valence-corrected chi connectivity index (χ2v) is 4.02. The minimum Gasteiger partial charge on any atom is -0.508 e. The number of aromatic hydroxyl groups is 1. The molecule has 0 aliphatic rings. The summed E-state index contributed by atoms with van der Waals surface area (Å²) in [5.74, 6) is 0.0658. The van der Waals surface area contributed by atoms with E-state index >= 15 is 0 Å². The Hall–Kier alpha value is -2.09. The van der Waals surface area contributed by atoms with Crippen LogP contribution in [0.1, 0.15) is 17.0 Å². The van der Waals surface area contributed by atoms with E-state index in [4.69, 9.17) is 0 Å². The first kappa shape index (κ1) is 11.4. The Morgan fingerprint density at radius 1 is 1.00 bits per heavy atom. The molecular weight excluding hydrogens is 212 g/mol. The zero-order valence-electron chi connectivity index (χ0n) is 9.41. The number of hydrogen-bond donors (Lipinski definition) is 1. The zero-order chi connectivity index (χ0) is 12.1. The second-order valence-electron chi connectivity index (χ2n) is 4.02. The van der Waals surface area contributed by atoms with E-state index in [9.17, 15) is 9.90 Å². The van der Waals surface area contributed by atoms with Gasteiger partial charge >= 0.3 is 0 Å². The van der Waals surface area contributed by atoms with E-state index in [1.807, 2.05) is 30.3 Å². The van der Waals surface area contributed by atoms with E-state index < -0.39 is 0 Å². The molecule has 2 aromatic carbocycles. The number of phenolic OH excluding ortho intramolecular Hbond substituents is 1. The fourth-order valence-electron chi connectivity index (χ4n) is 1.83. The Bertz CT molecular complexity index is 474. The smallest absolute Gasteiger partial charge is 0.127 e. The number of rotatable bonds is 4. The van der Waals surface area contributed by atoms with Crippen molar-refractivity contribution < 1.29 is 9.90 Å². The third kappa shape index (κ3) is 2.94. The summed E-state index contributed by atoms with van der Waals surface area (Å²) in [5.41, 5.74) is 2.07. The molecule has 0 aliphatic carbocycles. The lowest BCUT2D eigenvalue weighted by atomic mass is 9.93. The maximum atomic E-state index is 11.1. The maximum Gasteiger partial charge on any atom is 0.127 e. The quantitative estimate of drug-likeness (QED) is 0.814. The highest BCUT2D eigenvalue weighted by molar-refractivity contribution is 5.63. The summed E-state index contributed by atoms with van der Waals surface area (Å²) in [6.07, 6.45) is 1.65. The van der Waals surface area contributed by atoms with Gasteiger partial charge in [0, 0.05) is 5.92 Å². The molecule has 0 aliphatic heterocycles. The molecule has 0 fully saturated rings. The summed E-state index contributed by atoms with van der Waals surface area (Å²) in [5, 5.41) is 9.21. The topological polar surface area (TPSA) is 37.3 Å². The lowest BCUT2D eigenvalue weighted by Gasteiger charge is -2.10. The van der Waals surface area contributed by atoms with Crippen molar-refractivity contribution in [3.05, 3.63) is 65.7 Å². The van der Waals surface area contributed by atoms with Crippen LogP contribution in [0, 0.1) is 0 Å². The number of benzene rings is 2. The Morgan fingerprint density at radius 2 is 1.65 bits per heavy atom. The van der Waals surface area contributed by atoms with Crippen molar-refractivity contribution in [1.82, 2.24) is 0 Å². The lowest BCUT2D eigenvalue weighted by molar-refractivity contribution is -0.109. The molecule has 0 saturated heterocycles. The third-order valence-electron chi connectivity index (χ3n) is 2.78. The van der Waals surface area contributed by atoms with Gasteiger partial charge in [-0.2, -0.15) is 0 Å². The molecule has 0 amide bonds. The van der Waals surface area contributed by atoms with E-state index in [0.29, 0.717) is 6.42 Å². The molecule has 0 heterocycles. The van der Waals surface area contributed by atoms with Crippen LogP contribution in [0.2, 0.25) is 0 Å². The average molecular weight is 226 g/mol. The van der Waals surface area contributed by atoms with Crippen molar-refractivity contribution in [2.24, 2.45) is 0 Å². The van der Waals surface area contributed by atoms with Gasteiger partial charge in [-0.3, -0.25) is 0 Å². The monoisotopic (exact) mass is 226 g/mol. The predicted octanol–water partition coefficient (Wildman–Crippen LogP) is 2.92. The van der Waals surface area contributed by atoms with E-state index in [2.05, 4.69) is 0 Å². The van der Waals surface area contributed by atoms with Crippen molar-refractivity contribution in [3.63, 3.8) is 0 Å². The Labute approximate surface area is 101 Å². The summed E-state index contributed by atoms with van der Waals surface area (Å²) >= 11 is 0. The van der Waals surface area contributed by atoms with Gasteiger partial charge in [-0.1, -0.05) is 42.5 Å². The number of carbonyl (C=O) groups excluding carboxylic acids is 1. The summed E-state index contributed by atoms with van der Waals surface area (Å²) in [4.78, 5) is 11.1. The average Bonchev–Trinajstić information content (AvgIpc) is 2.38. The minimum atomic E-state index is -0.155. The summed E-state index contributed by atoms with van der Waals surface area (Å²) in [6.45, 7) is 0. The van der Waals surface area contributed by atoms with Crippen molar-refractivity contribution in [3.8, 4) is 5.75 Å². The Morgan fingerprint density at radius 3 is 2.24 bits per heavy atom. The highest BCUT2D eigenvalue weighted by Gasteiger charge is 2.10. The predicted molar refractivity (Wildman–Crippen MR) is 67.1 cm³/mol. The molecule has 1 N–H and O–H groups in total. The first-order valence-corrected chi connectivity index (χ1v) is 5.58. The first-order valence-electron chi connectivity index (χ1n) is 5.58. The van der Waals surface area contributed by atoms with Crippen LogP contribution in [0.3, 0.4) is 0 Å². The number of hydrogen-bond acceptors (Lipinski definition) is 2. The highest BCUT2D eigenvalue weighted by Crippen LogP contribution is 2.21. The lowest BCUT2D eigenvalue weighted by Crippen LogP contribution is -2.04. The summed E-state index contributed by atoms with van der Waals surface area (Å²) in [6, 6.07) is 16.7.